The van der Waals surface area contributed by atoms with Crippen LogP contribution in [0.5, 0.6) is 0 Å². The molecule has 156 valence electrons. The lowest BCUT2D eigenvalue weighted by atomic mass is 9.95. The molecule has 3 atom stereocenters. The second-order valence-corrected chi connectivity index (χ2v) is 7.87. The molecule has 0 radical (unpaired) electrons. The molecule has 1 saturated heterocycles. The van der Waals surface area contributed by atoms with Gasteiger partial charge >= 0.3 is 0 Å². The monoisotopic (exact) mass is 393 g/mol. The molecule has 1 fully saturated rings. The van der Waals surface area contributed by atoms with E-state index in [4.69, 9.17) is 6.42 Å². The number of allylic oxidation sites excluding steroid dienone is 2. The van der Waals surface area contributed by atoms with E-state index in [1.54, 1.807) is 6.08 Å². The Kier molecular flexibility index (Phi) is 9.18. The minimum atomic E-state index is -0.203. The summed E-state index contributed by atoms with van der Waals surface area (Å²) in [5.41, 5.74) is 2.01. The Balaban J connectivity index is 2.19. The number of carbonyl (C=O) groups excluding carboxylic acids is 1. The van der Waals surface area contributed by atoms with E-state index in [2.05, 4.69) is 49.5 Å². The number of nitrogens with zero attached hydrogens (tertiary/aromatic N) is 1. The number of carbonyl (C=O) groups is 1. The summed E-state index contributed by atoms with van der Waals surface area (Å²) in [6.07, 6.45) is 14.2. The normalized spacial score (nSPS) is 21.2. The number of nitrogens with one attached hydrogen (secondary N) is 2. The van der Waals surface area contributed by atoms with Crippen molar-refractivity contribution in [2.24, 2.45) is 0 Å². The molecule has 0 spiro atoms. The van der Waals surface area contributed by atoms with Gasteiger partial charge in [0.25, 0.3) is 0 Å². The highest BCUT2D eigenvalue weighted by Gasteiger charge is 2.41. The van der Waals surface area contributed by atoms with Gasteiger partial charge in [0.15, 0.2) is 0 Å². The minimum Gasteiger partial charge on any atom is -0.315 e. The molecule has 4 heteroatoms. The molecule has 0 bridgehead atoms. The van der Waals surface area contributed by atoms with E-state index < -0.39 is 0 Å². The molecule has 1 aliphatic heterocycles. The molecule has 0 saturated carbocycles. The molecule has 1 amide bonds. The Morgan fingerprint density at radius 1 is 1.31 bits per heavy atom. The van der Waals surface area contributed by atoms with E-state index in [0.717, 1.165) is 36.9 Å². The van der Waals surface area contributed by atoms with Gasteiger partial charge in [0, 0.05) is 6.04 Å². The Bertz CT molecular complexity index is 745. The van der Waals surface area contributed by atoms with E-state index in [0.29, 0.717) is 6.04 Å². The lowest BCUT2D eigenvalue weighted by Gasteiger charge is -2.32. The predicted octanol–water partition coefficient (Wildman–Crippen LogP) is 4.18. The third kappa shape index (κ3) is 6.32. The van der Waals surface area contributed by atoms with Crippen LogP contribution in [0.4, 0.5) is 0 Å². The van der Waals surface area contributed by atoms with Crippen molar-refractivity contribution < 1.29 is 4.79 Å². The lowest BCUT2D eigenvalue weighted by Crippen LogP contribution is -2.38. The van der Waals surface area contributed by atoms with Gasteiger partial charge in [0.05, 0.1) is 18.2 Å². The zero-order valence-corrected chi connectivity index (χ0v) is 18.2. The third-order valence-corrected chi connectivity index (χ3v) is 5.20. The Morgan fingerprint density at radius 2 is 2.03 bits per heavy atom. The van der Waals surface area contributed by atoms with Crippen LogP contribution in [0.25, 0.3) is 0 Å². The van der Waals surface area contributed by atoms with Gasteiger partial charge in [0.1, 0.15) is 0 Å². The fraction of sp³-hybridized carbons (Fsp3) is 0.480. The Hall–Kier alpha value is -2.35. The first-order valence-electron chi connectivity index (χ1n) is 10.6. The van der Waals surface area contributed by atoms with Crippen LogP contribution in [-0.2, 0) is 4.79 Å². The maximum Gasteiger partial charge on any atom is 0.241 e. The van der Waals surface area contributed by atoms with E-state index in [-0.39, 0.29) is 24.2 Å². The van der Waals surface area contributed by atoms with Crippen molar-refractivity contribution in [3.05, 3.63) is 59.7 Å². The van der Waals surface area contributed by atoms with Crippen molar-refractivity contribution in [3.8, 4) is 12.3 Å². The molecule has 3 unspecified atom stereocenters. The highest BCUT2D eigenvalue weighted by atomic mass is 16.2. The van der Waals surface area contributed by atoms with E-state index in [9.17, 15) is 4.79 Å². The minimum absolute atomic E-state index is 0.0575. The number of unbranched alkanes of at least 4 members (excludes halogenated alkanes) is 1. The van der Waals surface area contributed by atoms with E-state index in [1.807, 2.05) is 42.2 Å². The van der Waals surface area contributed by atoms with Crippen molar-refractivity contribution in [2.75, 3.05) is 6.54 Å². The second kappa shape index (κ2) is 11.6. The van der Waals surface area contributed by atoms with Crippen LogP contribution in [0.15, 0.2) is 54.1 Å². The molecule has 29 heavy (non-hydrogen) atoms. The van der Waals surface area contributed by atoms with Crippen molar-refractivity contribution in [2.45, 2.75) is 71.2 Å². The molecule has 4 nitrogen and oxygen atoms in total. The number of hydrogen-bond acceptors (Lipinski definition) is 3. The maximum absolute atomic E-state index is 13.4. The van der Waals surface area contributed by atoms with Crippen molar-refractivity contribution in [3.63, 3.8) is 0 Å². The molecule has 2 N–H and O–H groups in total. The van der Waals surface area contributed by atoms with E-state index in [1.165, 1.54) is 0 Å². The summed E-state index contributed by atoms with van der Waals surface area (Å²) in [5, 5.41) is 6.93. The van der Waals surface area contributed by atoms with Crippen LogP contribution in [-0.4, -0.2) is 35.6 Å². The summed E-state index contributed by atoms with van der Waals surface area (Å²) in [6, 6.07) is 10.3. The van der Waals surface area contributed by atoms with Gasteiger partial charge in [-0.2, -0.15) is 0 Å². The van der Waals surface area contributed by atoms with Gasteiger partial charge < -0.3 is 10.2 Å². The van der Waals surface area contributed by atoms with Crippen LogP contribution in [0.1, 0.15) is 58.6 Å². The Labute approximate surface area is 176 Å². The van der Waals surface area contributed by atoms with E-state index >= 15 is 0 Å². The van der Waals surface area contributed by atoms with Gasteiger partial charge in [-0.3, -0.25) is 10.1 Å². The molecule has 0 aromatic heterocycles. The fourth-order valence-corrected chi connectivity index (χ4v) is 3.89. The van der Waals surface area contributed by atoms with Gasteiger partial charge in [-0.15, -0.1) is 6.42 Å². The highest BCUT2D eigenvalue weighted by molar-refractivity contribution is 5.85. The molecule has 1 aliphatic rings. The van der Waals surface area contributed by atoms with Gasteiger partial charge in [-0.1, -0.05) is 68.7 Å². The van der Waals surface area contributed by atoms with Crippen LogP contribution in [0.2, 0.25) is 0 Å². The number of hydrogen-bond donors (Lipinski definition) is 2. The number of benzene rings is 1. The first-order chi connectivity index (χ1) is 14.0. The number of terminal acetylenes is 1. The average molecular weight is 394 g/mol. The first kappa shape index (κ1) is 22.9. The number of rotatable bonds is 10. The maximum atomic E-state index is 13.4. The summed E-state index contributed by atoms with van der Waals surface area (Å²) < 4.78 is 0. The zero-order valence-electron chi connectivity index (χ0n) is 18.2. The van der Waals surface area contributed by atoms with Crippen LogP contribution in [0, 0.1) is 12.3 Å². The summed E-state index contributed by atoms with van der Waals surface area (Å²) in [5.74, 6) is 2.79. The molecule has 1 aromatic carbocycles. The van der Waals surface area contributed by atoms with Gasteiger partial charge in [-0.05, 0) is 50.4 Å². The van der Waals surface area contributed by atoms with Crippen LogP contribution in [0.3, 0.4) is 0 Å². The largest absolute Gasteiger partial charge is 0.315 e. The summed E-state index contributed by atoms with van der Waals surface area (Å²) >= 11 is 0. The first-order valence-corrected chi connectivity index (χ1v) is 10.6. The van der Waals surface area contributed by atoms with Gasteiger partial charge in [-0.25, -0.2) is 0 Å². The summed E-state index contributed by atoms with van der Waals surface area (Å²) in [4.78, 5) is 15.3. The second-order valence-electron chi connectivity index (χ2n) is 7.87. The highest BCUT2D eigenvalue weighted by Crippen LogP contribution is 2.34. The quantitative estimate of drug-likeness (QED) is 0.356. The molecular formula is C25H35N3O. The van der Waals surface area contributed by atoms with Crippen LogP contribution >= 0.6 is 0 Å². The zero-order chi connectivity index (χ0) is 21.2. The molecular weight excluding hydrogens is 358 g/mol. The number of amides is 1. The molecule has 2 rings (SSSR count). The van der Waals surface area contributed by atoms with Crippen molar-refractivity contribution >= 4 is 5.91 Å². The topological polar surface area (TPSA) is 44.4 Å². The average Bonchev–Trinajstić information content (AvgIpc) is 2.97. The smallest absolute Gasteiger partial charge is 0.241 e. The molecule has 0 aliphatic carbocycles. The standard InChI is InChI=1S/C25H35N3O/c1-6-13-21(14-7-2)24(22-15-9-8-10-16-22)28-20(5)27-23(25(28)29)17-11-12-18-26-19(3)4/h1,7-10,13-16,19-20,23-24,26-27H,11-12,17-18H2,2-5H3/b14-7-,21-13+. The predicted molar refractivity (Wildman–Crippen MR) is 121 cm³/mol. The van der Waals surface area contributed by atoms with Gasteiger partial charge in [0.2, 0.25) is 5.91 Å². The third-order valence-electron chi connectivity index (χ3n) is 5.20. The molecule has 1 aromatic rings. The van der Waals surface area contributed by atoms with Crippen LogP contribution < -0.4 is 10.6 Å². The van der Waals surface area contributed by atoms with Crippen molar-refractivity contribution in [1.29, 1.82) is 0 Å². The lowest BCUT2D eigenvalue weighted by molar-refractivity contribution is -0.131. The molecule has 1 heterocycles. The summed E-state index contributed by atoms with van der Waals surface area (Å²) in [6.45, 7) is 9.31. The van der Waals surface area contributed by atoms with Crippen molar-refractivity contribution in [1.82, 2.24) is 15.5 Å². The fourth-order valence-electron chi connectivity index (χ4n) is 3.89. The SMILES string of the molecule is C#C/C=C(\C=C/C)C(c1ccccc1)N1C(=O)C(CCCCNC(C)C)NC1C. The Morgan fingerprint density at radius 3 is 2.66 bits per heavy atom. The summed E-state index contributed by atoms with van der Waals surface area (Å²) in [7, 11) is 0.